The minimum atomic E-state index is -4.61. The quantitative estimate of drug-likeness (QED) is 0.300. The molecule has 3 aromatic rings. The highest BCUT2D eigenvalue weighted by Crippen LogP contribution is 2.41. The van der Waals surface area contributed by atoms with Crippen molar-refractivity contribution >= 4 is 34.2 Å². The van der Waals surface area contributed by atoms with Crippen molar-refractivity contribution in [2.45, 2.75) is 58.4 Å². The second-order valence-corrected chi connectivity index (χ2v) is 12.4. The molecule has 2 aromatic heterocycles. The van der Waals surface area contributed by atoms with E-state index in [1.807, 2.05) is 11.8 Å². The number of halogens is 3. The van der Waals surface area contributed by atoms with E-state index >= 15 is 0 Å². The number of esters is 1. The van der Waals surface area contributed by atoms with E-state index in [9.17, 15) is 22.8 Å². The molecule has 5 rings (SSSR count). The fourth-order valence-electron chi connectivity index (χ4n) is 5.74. The number of methoxy groups -OCH3 is 1. The Labute approximate surface area is 269 Å². The molecular formula is C31H38F3N7O4S. The van der Waals surface area contributed by atoms with E-state index in [1.54, 1.807) is 13.0 Å². The van der Waals surface area contributed by atoms with Gasteiger partial charge in [0.1, 0.15) is 23.3 Å². The third-order valence-electron chi connectivity index (χ3n) is 8.42. The molecule has 1 N–H and O–H groups in total. The van der Waals surface area contributed by atoms with Gasteiger partial charge in [-0.3, -0.25) is 24.7 Å². The van der Waals surface area contributed by atoms with E-state index < -0.39 is 17.6 Å². The summed E-state index contributed by atoms with van der Waals surface area (Å²) in [5.74, 6) is -0.436. The molecule has 0 aliphatic carbocycles. The van der Waals surface area contributed by atoms with Crippen molar-refractivity contribution in [3.8, 4) is 17.0 Å². The van der Waals surface area contributed by atoms with Crippen LogP contribution in [0.15, 0.2) is 30.6 Å². The number of likely N-dealkylation sites (tertiary alicyclic amines) is 1. The zero-order valence-electron chi connectivity index (χ0n) is 26.3. The predicted molar refractivity (Wildman–Crippen MR) is 168 cm³/mol. The van der Waals surface area contributed by atoms with Crippen molar-refractivity contribution in [1.29, 1.82) is 0 Å². The number of nitrogens with zero attached hydrogens (tertiary/aromatic N) is 6. The molecule has 248 valence electrons. The van der Waals surface area contributed by atoms with E-state index in [0.29, 0.717) is 56.9 Å². The van der Waals surface area contributed by atoms with Crippen molar-refractivity contribution in [3.05, 3.63) is 46.7 Å². The second kappa shape index (κ2) is 14.3. The van der Waals surface area contributed by atoms with Crippen LogP contribution < -0.4 is 15.0 Å². The second-order valence-electron chi connectivity index (χ2n) is 11.3. The number of nitrogens with one attached hydrogen (secondary N) is 1. The molecule has 46 heavy (non-hydrogen) atoms. The number of hydrogen-bond donors (Lipinski definition) is 1. The number of carbonyl (C=O) groups is 2. The highest BCUT2D eigenvalue weighted by molar-refractivity contribution is 7.16. The molecule has 2 aliphatic rings. The van der Waals surface area contributed by atoms with Gasteiger partial charge in [-0.15, -0.1) is 0 Å². The summed E-state index contributed by atoms with van der Waals surface area (Å²) in [6, 6.07) is 3.87. The molecule has 2 aliphatic heterocycles. The van der Waals surface area contributed by atoms with Gasteiger partial charge in [0.15, 0.2) is 5.13 Å². The smallest absolute Gasteiger partial charge is 0.419 e. The van der Waals surface area contributed by atoms with Gasteiger partial charge in [-0.05, 0) is 58.4 Å². The standard InChI is InChI=1S/C31H38F3N7O4S/c1-5-45-29(43)20(3)39-11-13-40(14-12-39)26-17-35-23(16-36-26)28(42)38-30-37-27(25(46-30)18-41-10-6-7-19(41)2)21-8-9-24(44-4)22(15-21)31(32,33)34/h8-9,15-17,19-20H,5-7,10-14,18H2,1-4H3,(H,37,38,42)/t19-,20?/m1/s1. The summed E-state index contributed by atoms with van der Waals surface area (Å²) < 4.78 is 51.6. The van der Waals surface area contributed by atoms with Crippen molar-refractivity contribution in [2.75, 3.05) is 56.7 Å². The first-order chi connectivity index (χ1) is 22.0. The van der Waals surface area contributed by atoms with Gasteiger partial charge >= 0.3 is 12.1 Å². The van der Waals surface area contributed by atoms with Gasteiger partial charge in [0.05, 0.1) is 37.4 Å². The highest BCUT2D eigenvalue weighted by atomic mass is 32.1. The highest BCUT2D eigenvalue weighted by Gasteiger charge is 2.35. The monoisotopic (exact) mass is 661 g/mol. The normalized spacial score (nSPS) is 18.4. The molecule has 0 bridgehead atoms. The lowest BCUT2D eigenvalue weighted by atomic mass is 10.1. The van der Waals surface area contributed by atoms with Crippen molar-refractivity contribution in [1.82, 2.24) is 24.8 Å². The summed E-state index contributed by atoms with van der Waals surface area (Å²) in [5, 5.41) is 3.02. The predicted octanol–water partition coefficient (Wildman–Crippen LogP) is 4.94. The van der Waals surface area contributed by atoms with Crippen molar-refractivity contribution in [3.63, 3.8) is 0 Å². The molecule has 2 saturated heterocycles. The fourth-order valence-corrected chi connectivity index (χ4v) is 6.74. The van der Waals surface area contributed by atoms with Gasteiger partial charge < -0.3 is 14.4 Å². The van der Waals surface area contributed by atoms with Gasteiger partial charge in [0.2, 0.25) is 0 Å². The first-order valence-electron chi connectivity index (χ1n) is 15.3. The number of aromatic nitrogens is 3. The number of rotatable bonds is 10. The van der Waals surface area contributed by atoms with Crippen molar-refractivity contribution < 1.29 is 32.2 Å². The molecule has 2 atom stereocenters. The lowest BCUT2D eigenvalue weighted by molar-refractivity contribution is -0.149. The molecule has 15 heteroatoms. The van der Waals surface area contributed by atoms with Gasteiger partial charge in [-0.2, -0.15) is 13.2 Å². The van der Waals surface area contributed by atoms with Crippen LogP contribution in [0.25, 0.3) is 11.3 Å². The SMILES string of the molecule is CCOC(=O)C(C)N1CCN(c2cnc(C(=O)Nc3nc(-c4ccc(OC)c(C(F)(F)F)c4)c(CN4CCC[C@H]4C)s3)cn2)CC1. The summed E-state index contributed by atoms with van der Waals surface area (Å²) in [7, 11) is 1.20. The molecule has 1 amide bonds. The maximum Gasteiger partial charge on any atom is 0.419 e. The lowest BCUT2D eigenvalue weighted by Crippen LogP contribution is -2.52. The largest absolute Gasteiger partial charge is 0.496 e. The van der Waals surface area contributed by atoms with Crippen LogP contribution in [0, 0.1) is 0 Å². The Morgan fingerprint density at radius 3 is 2.50 bits per heavy atom. The third kappa shape index (κ3) is 7.58. The zero-order valence-corrected chi connectivity index (χ0v) is 27.1. The summed E-state index contributed by atoms with van der Waals surface area (Å²) in [5.41, 5.74) is -0.150. The van der Waals surface area contributed by atoms with Gasteiger partial charge in [0, 0.05) is 49.2 Å². The Kier molecular flexibility index (Phi) is 10.4. The Morgan fingerprint density at radius 1 is 1.13 bits per heavy atom. The maximum absolute atomic E-state index is 13.8. The molecule has 0 saturated carbocycles. The van der Waals surface area contributed by atoms with E-state index in [4.69, 9.17) is 9.47 Å². The molecule has 1 unspecified atom stereocenters. The first-order valence-corrected chi connectivity index (χ1v) is 16.1. The van der Waals surface area contributed by atoms with Crippen LogP contribution in [0.1, 0.15) is 54.5 Å². The van der Waals surface area contributed by atoms with Crippen LogP contribution in [0.5, 0.6) is 5.75 Å². The van der Waals surface area contributed by atoms with Crippen LogP contribution >= 0.6 is 11.3 Å². The number of hydrogen-bond acceptors (Lipinski definition) is 11. The molecule has 1 aromatic carbocycles. The average molecular weight is 662 g/mol. The fraction of sp³-hybridized carbons (Fsp3) is 0.516. The number of alkyl halides is 3. The summed E-state index contributed by atoms with van der Waals surface area (Å²) in [6.07, 6.45) is 0.380. The van der Waals surface area contributed by atoms with Crippen LogP contribution in [-0.2, 0) is 22.3 Å². The van der Waals surface area contributed by atoms with Gasteiger partial charge in [-0.1, -0.05) is 11.3 Å². The number of anilines is 2. The Hall–Kier alpha value is -3.82. The molecule has 11 nitrogen and oxygen atoms in total. The summed E-state index contributed by atoms with van der Waals surface area (Å²) in [4.78, 5) is 45.7. The maximum atomic E-state index is 13.8. The Morgan fingerprint density at radius 2 is 1.89 bits per heavy atom. The molecule has 0 spiro atoms. The number of amides is 1. The third-order valence-corrected chi connectivity index (χ3v) is 9.37. The number of thiazole rings is 1. The zero-order chi connectivity index (χ0) is 33.0. The van der Waals surface area contributed by atoms with Crippen molar-refractivity contribution in [2.24, 2.45) is 0 Å². The Balaban J connectivity index is 1.30. The van der Waals surface area contributed by atoms with E-state index in [0.717, 1.165) is 30.3 Å². The average Bonchev–Trinajstić information content (AvgIpc) is 3.65. The number of ether oxygens (including phenoxy) is 2. The summed E-state index contributed by atoms with van der Waals surface area (Å²) >= 11 is 1.23. The molecule has 0 radical (unpaired) electrons. The number of piperazine rings is 1. The van der Waals surface area contributed by atoms with E-state index in [1.165, 1.54) is 36.9 Å². The van der Waals surface area contributed by atoms with Crippen LogP contribution in [0.4, 0.5) is 24.1 Å². The van der Waals surface area contributed by atoms with Gasteiger partial charge in [0.25, 0.3) is 5.91 Å². The van der Waals surface area contributed by atoms with Crippen LogP contribution in [-0.4, -0.2) is 95.2 Å². The van der Waals surface area contributed by atoms with Gasteiger partial charge in [-0.25, -0.2) is 15.0 Å². The Bertz CT molecular complexity index is 1530. The van der Waals surface area contributed by atoms with Crippen LogP contribution in [0.3, 0.4) is 0 Å². The minimum absolute atomic E-state index is 0.0774. The number of benzene rings is 1. The first kappa shape index (κ1) is 33.5. The number of carbonyl (C=O) groups excluding carboxylic acids is 2. The van der Waals surface area contributed by atoms with Crippen LogP contribution in [0.2, 0.25) is 0 Å². The topological polar surface area (TPSA) is 113 Å². The molecule has 2 fully saturated rings. The summed E-state index contributed by atoms with van der Waals surface area (Å²) in [6.45, 7) is 10.0. The van der Waals surface area contributed by atoms with E-state index in [2.05, 4.69) is 37.0 Å². The molecule has 4 heterocycles. The minimum Gasteiger partial charge on any atom is -0.496 e. The lowest BCUT2D eigenvalue weighted by Gasteiger charge is -2.37. The molecular weight excluding hydrogens is 623 g/mol. The van der Waals surface area contributed by atoms with E-state index in [-0.39, 0.29) is 34.1 Å².